The van der Waals surface area contributed by atoms with E-state index in [1.54, 1.807) is 7.11 Å². The highest BCUT2D eigenvalue weighted by atomic mass is 16.5. The van der Waals surface area contributed by atoms with Crippen molar-refractivity contribution in [3.8, 4) is 5.75 Å². The number of ether oxygens (including phenoxy) is 1. The lowest BCUT2D eigenvalue weighted by Gasteiger charge is -2.09. The fraction of sp³-hybridized carbons (Fsp3) is 0.136. The van der Waals surface area contributed by atoms with Crippen LogP contribution in [0.2, 0.25) is 0 Å². The first kappa shape index (κ1) is 17.5. The van der Waals surface area contributed by atoms with Gasteiger partial charge in [0.25, 0.3) is 5.91 Å². The highest BCUT2D eigenvalue weighted by Crippen LogP contribution is 2.17. The minimum absolute atomic E-state index is 0.104. The summed E-state index contributed by atoms with van der Waals surface area (Å²) in [6.07, 6.45) is 0. The third-order valence-electron chi connectivity index (χ3n) is 4.08. The van der Waals surface area contributed by atoms with Crippen LogP contribution in [0.3, 0.4) is 0 Å². The smallest absolute Gasteiger partial charge is 0.255 e. The van der Waals surface area contributed by atoms with Crippen LogP contribution in [0.1, 0.15) is 21.5 Å². The van der Waals surface area contributed by atoms with Crippen molar-refractivity contribution in [2.45, 2.75) is 13.5 Å². The molecule has 0 saturated carbocycles. The van der Waals surface area contributed by atoms with Gasteiger partial charge in [-0.1, -0.05) is 29.8 Å². The third kappa shape index (κ3) is 4.63. The first-order valence-electron chi connectivity index (χ1n) is 8.49. The minimum Gasteiger partial charge on any atom is -0.497 e. The first-order chi connectivity index (χ1) is 12.6. The van der Waals surface area contributed by atoms with Gasteiger partial charge in [0.2, 0.25) is 0 Å². The lowest BCUT2D eigenvalue weighted by atomic mass is 10.1. The molecule has 0 bridgehead atoms. The van der Waals surface area contributed by atoms with E-state index >= 15 is 0 Å². The van der Waals surface area contributed by atoms with Crippen LogP contribution in [0, 0.1) is 6.92 Å². The van der Waals surface area contributed by atoms with Gasteiger partial charge in [0.1, 0.15) is 5.75 Å². The summed E-state index contributed by atoms with van der Waals surface area (Å²) in [6, 6.07) is 23.2. The Hall–Kier alpha value is -3.27. The van der Waals surface area contributed by atoms with Gasteiger partial charge in [0, 0.05) is 23.5 Å². The Morgan fingerprint density at radius 3 is 2.27 bits per heavy atom. The predicted octanol–water partition coefficient (Wildman–Crippen LogP) is 4.87. The van der Waals surface area contributed by atoms with Crippen LogP contribution in [0.4, 0.5) is 11.4 Å². The number of rotatable bonds is 6. The van der Waals surface area contributed by atoms with Gasteiger partial charge in [-0.3, -0.25) is 4.79 Å². The Balaban J connectivity index is 1.56. The highest BCUT2D eigenvalue weighted by Gasteiger charge is 2.06. The number of carbonyl (C=O) groups is 1. The molecule has 0 atom stereocenters. The van der Waals surface area contributed by atoms with Gasteiger partial charge in [-0.2, -0.15) is 0 Å². The Bertz CT molecular complexity index is 871. The Labute approximate surface area is 153 Å². The SMILES string of the molecule is COc1ccc(CNc2ccc(NC(=O)c3cccc(C)c3)cc2)cc1. The summed E-state index contributed by atoms with van der Waals surface area (Å²) in [7, 11) is 1.66. The molecule has 0 aliphatic carbocycles. The zero-order valence-corrected chi connectivity index (χ0v) is 15.0. The number of carbonyl (C=O) groups excluding carboxylic acids is 1. The summed E-state index contributed by atoms with van der Waals surface area (Å²) in [5, 5.41) is 6.28. The third-order valence-corrected chi connectivity index (χ3v) is 4.08. The second-order valence-electron chi connectivity index (χ2n) is 6.10. The largest absolute Gasteiger partial charge is 0.497 e. The van der Waals surface area contributed by atoms with E-state index in [9.17, 15) is 4.79 Å². The van der Waals surface area contributed by atoms with Crippen molar-refractivity contribution in [2.24, 2.45) is 0 Å². The van der Waals surface area contributed by atoms with Crippen molar-refractivity contribution >= 4 is 17.3 Å². The molecule has 0 heterocycles. The number of hydrogen-bond donors (Lipinski definition) is 2. The molecular weight excluding hydrogens is 324 g/mol. The summed E-state index contributed by atoms with van der Waals surface area (Å²) < 4.78 is 5.16. The highest BCUT2D eigenvalue weighted by molar-refractivity contribution is 6.04. The molecule has 132 valence electrons. The molecule has 0 unspecified atom stereocenters. The number of nitrogens with one attached hydrogen (secondary N) is 2. The monoisotopic (exact) mass is 346 g/mol. The Morgan fingerprint density at radius 2 is 1.62 bits per heavy atom. The molecule has 3 aromatic rings. The molecule has 0 aliphatic rings. The van der Waals surface area contributed by atoms with Crippen molar-refractivity contribution < 1.29 is 9.53 Å². The maximum absolute atomic E-state index is 12.3. The van der Waals surface area contributed by atoms with Crippen LogP contribution in [0.15, 0.2) is 72.8 Å². The van der Waals surface area contributed by atoms with Crippen molar-refractivity contribution in [1.29, 1.82) is 0 Å². The van der Waals surface area contributed by atoms with E-state index in [0.29, 0.717) is 5.56 Å². The van der Waals surface area contributed by atoms with Gasteiger partial charge >= 0.3 is 0 Å². The van der Waals surface area contributed by atoms with E-state index < -0.39 is 0 Å². The molecule has 0 radical (unpaired) electrons. The topological polar surface area (TPSA) is 50.4 Å². The summed E-state index contributed by atoms with van der Waals surface area (Å²) in [5.74, 6) is 0.745. The molecule has 3 rings (SSSR count). The van der Waals surface area contributed by atoms with Crippen molar-refractivity contribution in [2.75, 3.05) is 17.7 Å². The van der Waals surface area contributed by atoms with Crippen molar-refractivity contribution in [1.82, 2.24) is 0 Å². The lowest BCUT2D eigenvalue weighted by molar-refractivity contribution is 0.102. The second kappa shape index (κ2) is 8.21. The number of amides is 1. The van der Waals surface area contributed by atoms with Crippen LogP contribution in [0.5, 0.6) is 5.75 Å². The molecule has 1 amide bonds. The number of anilines is 2. The molecule has 0 aromatic heterocycles. The average Bonchev–Trinajstić information content (AvgIpc) is 2.68. The zero-order chi connectivity index (χ0) is 18.4. The van der Waals surface area contributed by atoms with Gasteiger partial charge in [-0.25, -0.2) is 0 Å². The van der Waals surface area contributed by atoms with Crippen LogP contribution in [0.25, 0.3) is 0 Å². The minimum atomic E-state index is -0.104. The molecule has 0 aliphatic heterocycles. The fourth-order valence-electron chi connectivity index (χ4n) is 2.61. The number of aryl methyl sites for hydroxylation is 1. The average molecular weight is 346 g/mol. The maximum Gasteiger partial charge on any atom is 0.255 e. The van der Waals surface area contributed by atoms with Crippen LogP contribution >= 0.6 is 0 Å². The summed E-state index contributed by atoms with van der Waals surface area (Å²) in [4.78, 5) is 12.3. The van der Waals surface area contributed by atoms with Crippen LogP contribution in [-0.2, 0) is 6.54 Å². The molecular formula is C22H22N2O2. The maximum atomic E-state index is 12.3. The Kier molecular flexibility index (Phi) is 5.54. The van der Waals surface area contributed by atoms with Gasteiger partial charge in [-0.05, 0) is 61.0 Å². The lowest BCUT2D eigenvalue weighted by Crippen LogP contribution is -2.11. The number of methoxy groups -OCH3 is 1. The van der Waals surface area contributed by atoms with Gasteiger partial charge in [0.05, 0.1) is 7.11 Å². The van der Waals surface area contributed by atoms with E-state index in [0.717, 1.165) is 29.2 Å². The molecule has 4 nitrogen and oxygen atoms in total. The van der Waals surface area contributed by atoms with E-state index in [4.69, 9.17) is 4.74 Å². The molecule has 0 saturated heterocycles. The van der Waals surface area contributed by atoms with E-state index in [1.807, 2.05) is 79.7 Å². The molecule has 0 spiro atoms. The Morgan fingerprint density at radius 1 is 0.923 bits per heavy atom. The molecule has 4 heteroatoms. The van der Waals surface area contributed by atoms with E-state index in [-0.39, 0.29) is 5.91 Å². The van der Waals surface area contributed by atoms with Crippen LogP contribution < -0.4 is 15.4 Å². The predicted molar refractivity (Wildman–Crippen MR) is 106 cm³/mol. The number of hydrogen-bond acceptors (Lipinski definition) is 3. The molecule has 26 heavy (non-hydrogen) atoms. The zero-order valence-electron chi connectivity index (χ0n) is 15.0. The van der Waals surface area contributed by atoms with Gasteiger partial charge < -0.3 is 15.4 Å². The van der Waals surface area contributed by atoms with Gasteiger partial charge in [0.15, 0.2) is 0 Å². The first-order valence-corrected chi connectivity index (χ1v) is 8.49. The number of benzene rings is 3. The van der Waals surface area contributed by atoms with Crippen molar-refractivity contribution in [3.63, 3.8) is 0 Å². The van der Waals surface area contributed by atoms with Crippen LogP contribution in [-0.4, -0.2) is 13.0 Å². The van der Waals surface area contributed by atoms with E-state index in [2.05, 4.69) is 10.6 Å². The standard InChI is InChI=1S/C22H22N2O2/c1-16-4-3-5-18(14-16)22(25)24-20-10-8-19(9-11-20)23-15-17-6-12-21(26-2)13-7-17/h3-14,23H,15H2,1-2H3,(H,24,25). The normalized spacial score (nSPS) is 10.2. The quantitative estimate of drug-likeness (QED) is 0.669. The summed E-state index contributed by atoms with van der Waals surface area (Å²) >= 11 is 0. The fourth-order valence-corrected chi connectivity index (χ4v) is 2.61. The van der Waals surface area contributed by atoms with Gasteiger partial charge in [-0.15, -0.1) is 0 Å². The summed E-state index contributed by atoms with van der Waals surface area (Å²) in [6.45, 7) is 2.69. The van der Waals surface area contributed by atoms with E-state index in [1.165, 1.54) is 5.56 Å². The second-order valence-corrected chi connectivity index (χ2v) is 6.10. The molecule has 3 aromatic carbocycles. The molecule has 2 N–H and O–H groups in total. The van der Waals surface area contributed by atoms with Crippen molar-refractivity contribution in [3.05, 3.63) is 89.5 Å². The molecule has 0 fully saturated rings. The summed E-state index contributed by atoms with van der Waals surface area (Å²) in [5.41, 5.74) is 4.66.